The number of carboxylic acid groups (broad SMARTS) is 1. The van der Waals surface area contributed by atoms with Gasteiger partial charge in [0.1, 0.15) is 0 Å². The SMILES string of the molecule is CCC(CC)c1cc(CNC(=O)[C@H]2C[C@@H]2C(=O)O)on1. The van der Waals surface area contributed by atoms with Gasteiger partial charge in [-0.25, -0.2) is 0 Å². The Bertz CT molecular complexity index is 493. The van der Waals surface area contributed by atoms with Gasteiger partial charge >= 0.3 is 5.97 Å². The number of aromatic nitrogens is 1. The maximum absolute atomic E-state index is 11.7. The molecule has 2 atom stereocenters. The summed E-state index contributed by atoms with van der Waals surface area (Å²) in [6.45, 7) is 4.46. The normalized spacial score (nSPS) is 20.9. The fourth-order valence-electron chi connectivity index (χ4n) is 2.37. The van der Waals surface area contributed by atoms with Crippen molar-refractivity contribution in [1.29, 1.82) is 0 Å². The second-order valence-electron chi connectivity index (χ2n) is 5.24. The first-order valence-electron chi connectivity index (χ1n) is 7.02. The molecular weight excluding hydrogens is 260 g/mol. The van der Waals surface area contributed by atoms with Gasteiger partial charge in [-0.3, -0.25) is 9.59 Å². The van der Waals surface area contributed by atoms with Crippen molar-refractivity contribution in [3.8, 4) is 0 Å². The molecule has 6 heteroatoms. The number of rotatable bonds is 7. The molecule has 1 amide bonds. The first-order chi connectivity index (χ1) is 9.56. The van der Waals surface area contributed by atoms with Crippen LogP contribution in [0.1, 0.15) is 50.5 Å². The fourth-order valence-corrected chi connectivity index (χ4v) is 2.37. The smallest absolute Gasteiger partial charge is 0.307 e. The lowest BCUT2D eigenvalue weighted by molar-refractivity contribution is -0.140. The monoisotopic (exact) mass is 280 g/mol. The number of amides is 1. The van der Waals surface area contributed by atoms with Gasteiger partial charge < -0.3 is 14.9 Å². The van der Waals surface area contributed by atoms with Crippen molar-refractivity contribution in [2.45, 2.75) is 45.6 Å². The van der Waals surface area contributed by atoms with Crippen LogP contribution in [0.5, 0.6) is 0 Å². The summed E-state index contributed by atoms with van der Waals surface area (Å²) in [6, 6.07) is 1.86. The Morgan fingerprint density at radius 1 is 1.45 bits per heavy atom. The van der Waals surface area contributed by atoms with E-state index in [9.17, 15) is 9.59 Å². The van der Waals surface area contributed by atoms with E-state index in [-0.39, 0.29) is 12.5 Å². The van der Waals surface area contributed by atoms with Crippen LogP contribution in [-0.2, 0) is 16.1 Å². The lowest BCUT2D eigenvalue weighted by Crippen LogP contribution is -2.25. The molecule has 1 aromatic heterocycles. The number of hydrogen-bond donors (Lipinski definition) is 2. The summed E-state index contributed by atoms with van der Waals surface area (Å²) in [6.07, 6.45) is 2.42. The van der Waals surface area contributed by atoms with E-state index < -0.39 is 17.8 Å². The molecule has 6 nitrogen and oxygen atoms in total. The zero-order chi connectivity index (χ0) is 14.7. The van der Waals surface area contributed by atoms with Crippen LogP contribution < -0.4 is 5.32 Å². The molecular formula is C14H20N2O4. The number of aliphatic carboxylic acids is 1. The maximum atomic E-state index is 11.7. The summed E-state index contributed by atoms with van der Waals surface area (Å²) in [5.41, 5.74) is 0.911. The molecule has 0 spiro atoms. The molecule has 110 valence electrons. The van der Waals surface area contributed by atoms with Crippen LogP contribution in [0, 0.1) is 11.8 Å². The van der Waals surface area contributed by atoms with Gasteiger partial charge in [0, 0.05) is 12.0 Å². The molecule has 1 saturated carbocycles. The zero-order valence-electron chi connectivity index (χ0n) is 11.8. The van der Waals surface area contributed by atoms with Gasteiger partial charge in [0.25, 0.3) is 0 Å². The Morgan fingerprint density at radius 3 is 2.70 bits per heavy atom. The van der Waals surface area contributed by atoms with Gasteiger partial charge in [-0.15, -0.1) is 0 Å². The van der Waals surface area contributed by atoms with Gasteiger partial charge in [-0.2, -0.15) is 0 Å². The van der Waals surface area contributed by atoms with E-state index in [0.29, 0.717) is 18.1 Å². The van der Waals surface area contributed by atoms with Crippen LogP contribution >= 0.6 is 0 Å². The molecule has 0 aromatic carbocycles. The van der Waals surface area contributed by atoms with E-state index in [1.807, 2.05) is 6.07 Å². The molecule has 1 aliphatic carbocycles. The average molecular weight is 280 g/mol. The summed E-state index contributed by atoms with van der Waals surface area (Å²) in [7, 11) is 0. The van der Waals surface area contributed by atoms with E-state index >= 15 is 0 Å². The van der Waals surface area contributed by atoms with E-state index in [4.69, 9.17) is 9.63 Å². The van der Waals surface area contributed by atoms with Gasteiger partial charge in [-0.05, 0) is 19.3 Å². The third-order valence-electron chi connectivity index (χ3n) is 3.86. The van der Waals surface area contributed by atoms with E-state index in [1.54, 1.807) is 0 Å². The lowest BCUT2D eigenvalue weighted by atomic mass is 9.99. The Hall–Kier alpha value is -1.85. The Balaban J connectivity index is 1.83. The van der Waals surface area contributed by atoms with E-state index in [1.165, 1.54) is 0 Å². The van der Waals surface area contributed by atoms with Crippen molar-refractivity contribution in [1.82, 2.24) is 10.5 Å². The largest absolute Gasteiger partial charge is 0.481 e. The summed E-state index contributed by atoms with van der Waals surface area (Å²) in [5, 5.41) is 15.5. The standard InChI is InChI=1S/C14H20N2O4/c1-3-8(4-2)12-5-9(20-16-12)7-15-13(17)10-6-11(10)14(18)19/h5,8,10-11H,3-4,6-7H2,1-2H3,(H,15,17)(H,18,19)/t10-,11-/m0/s1. The predicted octanol–water partition coefficient (Wildman–Crippen LogP) is 1.92. The number of hydrogen-bond acceptors (Lipinski definition) is 4. The van der Waals surface area contributed by atoms with Crippen molar-refractivity contribution < 1.29 is 19.2 Å². The first kappa shape index (κ1) is 14.6. The molecule has 0 unspecified atom stereocenters. The second-order valence-corrected chi connectivity index (χ2v) is 5.24. The van der Waals surface area contributed by atoms with Gasteiger partial charge in [0.2, 0.25) is 5.91 Å². The minimum Gasteiger partial charge on any atom is -0.481 e. The fraction of sp³-hybridized carbons (Fsp3) is 0.643. The first-order valence-corrected chi connectivity index (χ1v) is 7.02. The zero-order valence-corrected chi connectivity index (χ0v) is 11.8. The van der Waals surface area contributed by atoms with E-state index in [2.05, 4.69) is 24.3 Å². The molecule has 0 radical (unpaired) electrons. The molecule has 0 aliphatic heterocycles. The lowest BCUT2D eigenvalue weighted by Gasteiger charge is -2.06. The molecule has 2 N–H and O–H groups in total. The van der Waals surface area contributed by atoms with Crippen LogP contribution in [0.3, 0.4) is 0 Å². The highest BCUT2D eigenvalue weighted by molar-refractivity contribution is 5.89. The molecule has 20 heavy (non-hydrogen) atoms. The number of carbonyl (C=O) groups excluding carboxylic acids is 1. The number of nitrogens with one attached hydrogen (secondary N) is 1. The van der Waals surface area contributed by atoms with Gasteiger partial charge in [0.15, 0.2) is 5.76 Å². The number of carbonyl (C=O) groups is 2. The quantitative estimate of drug-likeness (QED) is 0.796. The summed E-state index contributed by atoms with van der Waals surface area (Å²) in [4.78, 5) is 22.4. The highest BCUT2D eigenvalue weighted by Crippen LogP contribution is 2.38. The minimum atomic E-state index is -0.902. The van der Waals surface area contributed by atoms with Crippen molar-refractivity contribution in [3.05, 3.63) is 17.5 Å². The van der Waals surface area contributed by atoms with Crippen molar-refractivity contribution in [3.63, 3.8) is 0 Å². The van der Waals surface area contributed by atoms with Crippen molar-refractivity contribution >= 4 is 11.9 Å². The molecule has 1 fully saturated rings. The van der Waals surface area contributed by atoms with Crippen LogP contribution in [-0.4, -0.2) is 22.1 Å². The number of carboxylic acids is 1. The Morgan fingerprint density at radius 2 is 2.15 bits per heavy atom. The summed E-state index contributed by atoms with van der Waals surface area (Å²) >= 11 is 0. The molecule has 1 aliphatic rings. The van der Waals surface area contributed by atoms with Crippen LogP contribution in [0.4, 0.5) is 0 Å². The van der Waals surface area contributed by atoms with Gasteiger partial charge in [-0.1, -0.05) is 19.0 Å². The van der Waals surface area contributed by atoms with Gasteiger partial charge in [0.05, 0.1) is 24.1 Å². The molecule has 0 saturated heterocycles. The van der Waals surface area contributed by atoms with Crippen molar-refractivity contribution in [2.75, 3.05) is 0 Å². The molecule has 1 aromatic rings. The summed E-state index contributed by atoms with van der Waals surface area (Å²) < 4.78 is 5.19. The average Bonchev–Trinajstić information content (AvgIpc) is 3.11. The highest BCUT2D eigenvalue weighted by atomic mass is 16.5. The number of nitrogens with zero attached hydrogens (tertiary/aromatic N) is 1. The molecule has 0 bridgehead atoms. The topological polar surface area (TPSA) is 92.4 Å². The molecule has 2 rings (SSSR count). The highest BCUT2D eigenvalue weighted by Gasteiger charge is 2.48. The van der Waals surface area contributed by atoms with Crippen LogP contribution in [0.2, 0.25) is 0 Å². The van der Waals surface area contributed by atoms with Crippen molar-refractivity contribution in [2.24, 2.45) is 11.8 Å². The third-order valence-corrected chi connectivity index (χ3v) is 3.86. The molecule has 1 heterocycles. The Kier molecular flexibility index (Phi) is 4.42. The Labute approximate surface area is 117 Å². The van der Waals surface area contributed by atoms with E-state index in [0.717, 1.165) is 18.5 Å². The van der Waals surface area contributed by atoms with Crippen LogP contribution in [0.15, 0.2) is 10.6 Å². The van der Waals surface area contributed by atoms with Crippen LogP contribution in [0.25, 0.3) is 0 Å². The summed E-state index contributed by atoms with van der Waals surface area (Å²) in [5.74, 6) is -1.06. The second kappa shape index (κ2) is 6.07. The minimum absolute atomic E-state index is 0.224. The third kappa shape index (κ3) is 3.18. The predicted molar refractivity (Wildman–Crippen MR) is 70.9 cm³/mol. The maximum Gasteiger partial charge on any atom is 0.307 e.